The minimum Gasteiger partial charge on any atom is -0.391 e. The number of benzene rings is 1. The number of aliphatic hydroxyl groups excluding tert-OH is 1. The van der Waals surface area contributed by atoms with Crippen molar-refractivity contribution in [1.82, 2.24) is 20.5 Å². The van der Waals surface area contributed by atoms with Crippen LogP contribution in [0.2, 0.25) is 0 Å². The number of halogens is 1. The lowest BCUT2D eigenvalue weighted by molar-refractivity contribution is 0.0951. The highest BCUT2D eigenvalue weighted by molar-refractivity contribution is 5.99. The van der Waals surface area contributed by atoms with E-state index in [1.165, 1.54) is 12.3 Å². The molecule has 0 spiro atoms. The number of hydrogen-bond donors (Lipinski definition) is 3. The molecule has 1 aliphatic heterocycles. The predicted molar refractivity (Wildman–Crippen MR) is 107 cm³/mol. The number of aromatic nitrogens is 3. The van der Waals surface area contributed by atoms with Crippen molar-refractivity contribution in [2.45, 2.75) is 25.5 Å². The summed E-state index contributed by atoms with van der Waals surface area (Å²) in [6.45, 7) is 1.71. The summed E-state index contributed by atoms with van der Waals surface area (Å²) >= 11 is 0. The van der Waals surface area contributed by atoms with Gasteiger partial charge < -0.3 is 15.3 Å². The third-order valence-electron chi connectivity index (χ3n) is 5.01. The Balaban J connectivity index is 1.45. The van der Waals surface area contributed by atoms with Crippen LogP contribution in [-0.4, -0.2) is 45.4 Å². The standard InChI is InChI=1S/C21H22FN5O2/c22-18-6-2-1-5-16(18)20-17(12-25-26-20)21(29)24-11-14-7-8-23-19(10-14)27-9-3-4-15(28)13-27/h1-2,5-8,10,12,15,28H,3-4,9,11,13H2,(H,24,29)(H,25,26). The summed E-state index contributed by atoms with van der Waals surface area (Å²) in [4.78, 5) is 19.1. The molecule has 1 unspecified atom stereocenters. The van der Waals surface area contributed by atoms with Crippen molar-refractivity contribution in [3.8, 4) is 11.3 Å². The van der Waals surface area contributed by atoms with Crippen LogP contribution in [0, 0.1) is 5.82 Å². The zero-order valence-corrected chi connectivity index (χ0v) is 15.8. The number of anilines is 1. The van der Waals surface area contributed by atoms with Gasteiger partial charge in [0.25, 0.3) is 5.91 Å². The number of aromatic amines is 1. The second kappa shape index (κ2) is 8.40. The first-order valence-corrected chi connectivity index (χ1v) is 9.56. The molecule has 1 amide bonds. The molecule has 3 N–H and O–H groups in total. The number of piperidine rings is 1. The highest BCUT2D eigenvalue weighted by Crippen LogP contribution is 2.24. The second-order valence-corrected chi connectivity index (χ2v) is 7.09. The average molecular weight is 395 g/mol. The minimum atomic E-state index is -0.423. The summed E-state index contributed by atoms with van der Waals surface area (Å²) < 4.78 is 14.1. The van der Waals surface area contributed by atoms with E-state index in [1.807, 2.05) is 17.0 Å². The fraction of sp³-hybridized carbons (Fsp3) is 0.286. The lowest BCUT2D eigenvalue weighted by Crippen LogP contribution is -2.38. The summed E-state index contributed by atoms with van der Waals surface area (Å²) in [7, 11) is 0. The second-order valence-electron chi connectivity index (χ2n) is 7.09. The van der Waals surface area contributed by atoms with Crippen molar-refractivity contribution >= 4 is 11.7 Å². The Morgan fingerprint density at radius 2 is 2.21 bits per heavy atom. The third-order valence-corrected chi connectivity index (χ3v) is 5.01. The highest BCUT2D eigenvalue weighted by Gasteiger charge is 2.20. The molecule has 3 heterocycles. The monoisotopic (exact) mass is 395 g/mol. The van der Waals surface area contributed by atoms with Crippen LogP contribution in [0.1, 0.15) is 28.8 Å². The zero-order valence-electron chi connectivity index (χ0n) is 15.8. The van der Waals surface area contributed by atoms with E-state index in [2.05, 4.69) is 20.5 Å². The summed E-state index contributed by atoms with van der Waals surface area (Å²) in [5, 5.41) is 19.3. The van der Waals surface area contributed by atoms with Gasteiger partial charge in [0.15, 0.2) is 0 Å². The van der Waals surface area contributed by atoms with E-state index in [-0.39, 0.29) is 17.6 Å². The maximum Gasteiger partial charge on any atom is 0.255 e. The molecule has 2 aromatic heterocycles. The van der Waals surface area contributed by atoms with E-state index in [1.54, 1.807) is 24.4 Å². The van der Waals surface area contributed by atoms with Gasteiger partial charge in [-0.25, -0.2) is 9.37 Å². The molecule has 1 aromatic carbocycles. The molecule has 3 aromatic rings. The number of rotatable bonds is 5. The molecule has 0 saturated carbocycles. The van der Waals surface area contributed by atoms with Crippen LogP contribution in [-0.2, 0) is 6.54 Å². The maximum absolute atomic E-state index is 14.1. The van der Waals surface area contributed by atoms with Gasteiger partial charge in [0.1, 0.15) is 11.6 Å². The number of hydrogen-bond acceptors (Lipinski definition) is 5. The van der Waals surface area contributed by atoms with E-state index in [0.29, 0.717) is 24.3 Å². The summed E-state index contributed by atoms with van der Waals surface area (Å²) in [5.74, 6) is 0.0166. The molecule has 150 valence electrons. The number of β-amino-alcohol motifs (C(OH)–C–C–N with tert-alkyl or cyclic N) is 1. The Morgan fingerprint density at radius 3 is 3.03 bits per heavy atom. The molecule has 0 aliphatic carbocycles. The Morgan fingerprint density at radius 1 is 1.34 bits per heavy atom. The first-order valence-electron chi connectivity index (χ1n) is 9.56. The van der Waals surface area contributed by atoms with E-state index in [4.69, 9.17) is 0 Å². The first-order chi connectivity index (χ1) is 14.1. The van der Waals surface area contributed by atoms with Crippen molar-refractivity contribution in [1.29, 1.82) is 0 Å². The van der Waals surface area contributed by atoms with E-state index in [9.17, 15) is 14.3 Å². The maximum atomic E-state index is 14.1. The average Bonchev–Trinajstić information content (AvgIpc) is 3.22. The molecular formula is C21H22FN5O2. The first kappa shape index (κ1) is 19.1. The zero-order chi connectivity index (χ0) is 20.2. The molecule has 1 fully saturated rings. The number of pyridine rings is 1. The number of carbonyl (C=O) groups excluding carboxylic acids is 1. The summed E-state index contributed by atoms with van der Waals surface area (Å²) in [6.07, 6.45) is 4.47. The fourth-order valence-corrected chi connectivity index (χ4v) is 3.51. The molecule has 4 rings (SSSR count). The molecule has 29 heavy (non-hydrogen) atoms. The molecule has 0 radical (unpaired) electrons. The van der Waals surface area contributed by atoms with Gasteiger partial charge in [-0.3, -0.25) is 9.89 Å². The molecule has 1 aliphatic rings. The van der Waals surface area contributed by atoms with Crippen LogP contribution < -0.4 is 10.2 Å². The third kappa shape index (κ3) is 4.27. The van der Waals surface area contributed by atoms with Gasteiger partial charge in [0, 0.05) is 31.4 Å². The minimum absolute atomic E-state index is 0.281. The van der Waals surface area contributed by atoms with Crippen LogP contribution in [0.15, 0.2) is 48.8 Å². The number of aliphatic hydroxyl groups is 1. The van der Waals surface area contributed by atoms with Crippen LogP contribution in [0.25, 0.3) is 11.3 Å². The molecule has 8 heteroatoms. The van der Waals surface area contributed by atoms with E-state index >= 15 is 0 Å². The number of nitrogens with zero attached hydrogens (tertiary/aromatic N) is 3. The van der Waals surface area contributed by atoms with Crippen LogP contribution in [0.4, 0.5) is 10.2 Å². The SMILES string of the molecule is O=C(NCc1ccnc(N2CCCC(O)C2)c1)c1cn[nH]c1-c1ccccc1F. The van der Waals surface area contributed by atoms with Crippen molar-refractivity contribution in [3.05, 3.63) is 65.7 Å². The van der Waals surface area contributed by atoms with Gasteiger partial charge in [-0.1, -0.05) is 12.1 Å². The Labute approximate surface area is 167 Å². The molecule has 1 saturated heterocycles. The van der Waals surface area contributed by atoms with Gasteiger partial charge >= 0.3 is 0 Å². The normalized spacial score (nSPS) is 16.6. The van der Waals surface area contributed by atoms with Gasteiger partial charge in [-0.15, -0.1) is 0 Å². The van der Waals surface area contributed by atoms with E-state index in [0.717, 1.165) is 30.8 Å². The largest absolute Gasteiger partial charge is 0.391 e. The summed E-state index contributed by atoms with van der Waals surface area (Å²) in [5.41, 5.74) is 1.81. The Bertz CT molecular complexity index is 1010. The summed E-state index contributed by atoms with van der Waals surface area (Å²) in [6, 6.07) is 9.98. The lowest BCUT2D eigenvalue weighted by Gasteiger charge is -2.31. The van der Waals surface area contributed by atoms with Gasteiger partial charge in [0.05, 0.1) is 23.6 Å². The quantitative estimate of drug-likeness (QED) is 0.617. The fourth-order valence-electron chi connectivity index (χ4n) is 3.51. The number of H-pyrrole nitrogens is 1. The van der Waals surface area contributed by atoms with Crippen molar-refractivity contribution < 1.29 is 14.3 Å². The van der Waals surface area contributed by atoms with Crippen LogP contribution >= 0.6 is 0 Å². The Kier molecular flexibility index (Phi) is 5.53. The van der Waals surface area contributed by atoms with Crippen LogP contribution in [0.3, 0.4) is 0 Å². The van der Waals surface area contributed by atoms with Crippen molar-refractivity contribution in [2.24, 2.45) is 0 Å². The van der Waals surface area contributed by atoms with Gasteiger partial charge in [-0.2, -0.15) is 5.10 Å². The lowest BCUT2D eigenvalue weighted by atomic mass is 10.1. The topological polar surface area (TPSA) is 94.1 Å². The van der Waals surface area contributed by atoms with Crippen molar-refractivity contribution in [3.63, 3.8) is 0 Å². The molecule has 1 atom stereocenters. The van der Waals surface area contributed by atoms with E-state index < -0.39 is 5.82 Å². The predicted octanol–water partition coefficient (Wildman–Crippen LogP) is 2.50. The number of amides is 1. The van der Waals surface area contributed by atoms with Crippen molar-refractivity contribution in [2.75, 3.05) is 18.0 Å². The molecular weight excluding hydrogens is 373 g/mol. The molecule has 7 nitrogen and oxygen atoms in total. The van der Waals surface area contributed by atoms with Gasteiger partial charge in [0.2, 0.25) is 0 Å². The number of carbonyl (C=O) groups is 1. The highest BCUT2D eigenvalue weighted by atomic mass is 19.1. The van der Waals surface area contributed by atoms with Crippen LogP contribution in [0.5, 0.6) is 0 Å². The number of nitrogens with one attached hydrogen (secondary N) is 2. The van der Waals surface area contributed by atoms with Gasteiger partial charge in [-0.05, 0) is 42.7 Å². The Hall–Kier alpha value is -3.26. The smallest absolute Gasteiger partial charge is 0.255 e. The molecule has 0 bridgehead atoms.